The Bertz CT molecular complexity index is 749. The van der Waals surface area contributed by atoms with Gasteiger partial charge in [-0.3, -0.25) is 9.59 Å². The van der Waals surface area contributed by atoms with Gasteiger partial charge in [0.25, 0.3) is 0 Å². The number of hydrogen-bond acceptors (Lipinski definition) is 3. The number of nitrogens with one attached hydrogen (secondary N) is 1. The van der Waals surface area contributed by atoms with Gasteiger partial charge in [0.1, 0.15) is 17.4 Å². The van der Waals surface area contributed by atoms with Gasteiger partial charge >= 0.3 is 5.97 Å². The first-order chi connectivity index (χ1) is 12.4. The van der Waals surface area contributed by atoms with Gasteiger partial charge in [-0.25, -0.2) is 8.78 Å². The highest BCUT2D eigenvalue weighted by Gasteiger charge is 2.18. The van der Waals surface area contributed by atoms with Crippen LogP contribution in [0.3, 0.4) is 0 Å². The second-order valence-corrected chi connectivity index (χ2v) is 5.68. The van der Waals surface area contributed by atoms with E-state index in [1.165, 1.54) is 42.5 Å². The maximum absolute atomic E-state index is 13.0. The number of halogens is 2. The summed E-state index contributed by atoms with van der Waals surface area (Å²) in [6.07, 6.45) is 0.190. The standard InChI is InChI=1S/C19H19F2NO4/c20-14-8-6-13(7-9-14)17(12-19(24)25)22-18(23)5-2-10-26-16-4-1-3-15(21)11-16/h1,3-4,6-9,11,17H,2,5,10,12H2,(H,22,23)(H,24,25). The maximum Gasteiger partial charge on any atom is 0.305 e. The first-order valence-corrected chi connectivity index (χ1v) is 8.09. The van der Waals surface area contributed by atoms with Crippen molar-refractivity contribution in [3.8, 4) is 5.75 Å². The van der Waals surface area contributed by atoms with E-state index in [4.69, 9.17) is 9.84 Å². The lowest BCUT2D eigenvalue weighted by Crippen LogP contribution is -2.30. The molecule has 7 heteroatoms. The minimum atomic E-state index is -1.07. The van der Waals surface area contributed by atoms with Gasteiger partial charge in [-0.2, -0.15) is 0 Å². The smallest absolute Gasteiger partial charge is 0.305 e. The molecule has 2 aromatic rings. The highest BCUT2D eigenvalue weighted by Crippen LogP contribution is 2.18. The summed E-state index contributed by atoms with van der Waals surface area (Å²) in [6.45, 7) is 0.219. The molecule has 0 aliphatic carbocycles. The average molecular weight is 363 g/mol. The van der Waals surface area contributed by atoms with Gasteiger partial charge in [0.2, 0.25) is 5.91 Å². The van der Waals surface area contributed by atoms with Crippen molar-refractivity contribution in [1.82, 2.24) is 5.32 Å². The molecule has 0 saturated heterocycles. The van der Waals surface area contributed by atoms with E-state index in [1.807, 2.05) is 0 Å². The maximum atomic E-state index is 13.0. The fraction of sp³-hybridized carbons (Fsp3) is 0.263. The van der Waals surface area contributed by atoms with E-state index in [9.17, 15) is 18.4 Å². The van der Waals surface area contributed by atoms with Gasteiger partial charge in [-0.1, -0.05) is 18.2 Å². The molecule has 1 unspecified atom stereocenters. The summed E-state index contributed by atoms with van der Waals surface area (Å²) < 4.78 is 31.4. The fourth-order valence-electron chi connectivity index (χ4n) is 2.37. The van der Waals surface area contributed by atoms with Crippen LogP contribution in [0.25, 0.3) is 0 Å². The van der Waals surface area contributed by atoms with Crippen LogP contribution in [0.5, 0.6) is 5.75 Å². The predicted molar refractivity (Wildman–Crippen MR) is 90.7 cm³/mol. The van der Waals surface area contributed by atoms with Crippen LogP contribution in [-0.4, -0.2) is 23.6 Å². The third kappa shape index (κ3) is 6.51. The Hall–Kier alpha value is -2.96. The molecule has 138 valence electrons. The summed E-state index contributed by atoms with van der Waals surface area (Å²) in [5, 5.41) is 11.6. The first-order valence-electron chi connectivity index (χ1n) is 8.09. The number of aliphatic carboxylic acids is 1. The Labute approximate surface area is 149 Å². The van der Waals surface area contributed by atoms with E-state index >= 15 is 0 Å². The molecule has 0 radical (unpaired) electrons. The minimum absolute atomic E-state index is 0.118. The van der Waals surface area contributed by atoms with E-state index in [0.29, 0.717) is 17.7 Å². The Morgan fingerprint density at radius 1 is 1.08 bits per heavy atom. The van der Waals surface area contributed by atoms with Crippen molar-refractivity contribution in [1.29, 1.82) is 0 Å². The molecule has 0 aliphatic rings. The van der Waals surface area contributed by atoms with Gasteiger partial charge in [0.05, 0.1) is 19.1 Å². The number of rotatable bonds is 9. The molecule has 2 aromatic carbocycles. The zero-order valence-corrected chi connectivity index (χ0v) is 14.0. The third-order valence-electron chi connectivity index (χ3n) is 3.60. The largest absolute Gasteiger partial charge is 0.493 e. The molecule has 1 atom stereocenters. The molecule has 0 fully saturated rings. The summed E-state index contributed by atoms with van der Waals surface area (Å²) in [7, 11) is 0. The van der Waals surface area contributed by atoms with Gasteiger partial charge in [-0.15, -0.1) is 0 Å². The molecular formula is C19H19F2NO4. The van der Waals surface area contributed by atoms with Gasteiger partial charge in [-0.05, 0) is 36.2 Å². The lowest BCUT2D eigenvalue weighted by atomic mass is 10.0. The summed E-state index contributed by atoms with van der Waals surface area (Å²) in [4.78, 5) is 23.0. The Balaban J connectivity index is 1.82. The number of amides is 1. The number of ether oxygens (including phenoxy) is 1. The summed E-state index contributed by atoms with van der Waals surface area (Å²) in [5.41, 5.74) is 0.512. The molecule has 2 N–H and O–H groups in total. The molecule has 0 saturated carbocycles. The Kier molecular flexibility index (Phi) is 7.08. The van der Waals surface area contributed by atoms with Crippen molar-refractivity contribution in [2.45, 2.75) is 25.3 Å². The van der Waals surface area contributed by atoms with Gasteiger partial charge < -0.3 is 15.2 Å². The Morgan fingerprint density at radius 2 is 1.81 bits per heavy atom. The van der Waals surface area contributed by atoms with E-state index in [2.05, 4.69) is 5.32 Å². The fourth-order valence-corrected chi connectivity index (χ4v) is 2.37. The van der Waals surface area contributed by atoms with E-state index < -0.39 is 23.6 Å². The van der Waals surface area contributed by atoms with E-state index in [1.54, 1.807) is 6.07 Å². The molecule has 0 aliphatic heterocycles. The van der Waals surface area contributed by atoms with E-state index in [0.717, 1.165) is 0 Å². The average Bonchev–Trinajstić information content (AvgIpc) is 2.58. The highest BCUT2D eigenvalue weighted by atomic mass is 19.1. The number of hydrogen-bond donors (Lipinski definition) is 2. The highest BCUT2D eigenvalue weighted by molar-refractivity contribution is 5.77. The number of benzene rings is 2. The van der Waals surface area contributed by atoms with Crippen molar-refractivity contribution in [3.63, 3.8) is 0 Å². The number of carboxylic acid groups (broad SMARTS) is 1. The number of carbonyl (C=O) groups excluding carboxylic acids is 1. The van der Waals surface area contributed by atoms with Crippen molar-refractivity contribution in [2.24, 2.45) is 0 Å². The first kappa shape index (κ1) is 19.4. The van der Waals surface area contributed by atoms with Crippen LogP contribution in [0.15, 0.2) is 48.5 Å². The van der Waals surface area contributed by atoms with Crippen LogP contribution in [0.4, 0.5) is 8.78 Å². The van der Waals surface area contributed by atoms with Crippen molar-refractivity contribution in [2.75, 3.05) is 6.61 Å². The lowest BCUT2D eigenvalue weighted by molar-refractivity contribution is -0.137. The third-order valence-corrected chi connectivity index (χ3v) is 3.60. The molecule has 0 spiro atoms. The number of carbonyl (C=O) groups is 2. The van der Waals surface area contributed by atoms with Crippen LogP contribution in [0, 0.1) is 11.6 Å². The predicted octanol–water partition coefficient (Wildman–Crippen LogP) is 3.46. The molecule has 1 amide bonds. The molecule has 5 nitrogen and oxygen atoms in total. The van der Waals surface area contributed by atoms with E-state index in [-0.39, 0.29) is 25.4 Å². The zero-order valence-electron chi connectivity index (χ0n) is 14.0. The van der Waals surface area contributed by atoms with Gasteiger partial charge in [0, 0.05) is 12.5 Å². The summed E-state index contributed by atoms with van der Waals surface area (Å²) in [5.74, 6) is -1.89. The zero-order chi connectivity index (χ0) is 18.9. The lowest BCUT2D eigenvalue weighted by Gasteiger charge is -2.17. The van der Waals surface area contributed by atoms with Crippen molar-refractivity contribution < 1.29 is 28.2 Å². The topological polar surface area (TPSA) is 75.6 Å². The monoisotopic (exact) mass is 363 g/mol. The quantitative estimate of drug-likeness (QED) is 0.669. The molecular weight excluding hydrogens is 344 g/mol. The van der Waals surface area contributed by atoms with Crippen molar-refractivity contribution >= 4 is 11.9 Å². The Morgan fingerprint density at radius 3 is 2.46 bits per heavy atom. The minimum Gasteiger partial charge on any atom is -0.493 e. The van der Waals surface area contributed by atoms with Crippen molar-refractivity contribution in [3.05, 3.63) is 65.7 Å². The molecule has 0 bridgehead atoms. The second-order valence-electron chi connectivity index (χ2n) is 5.68. The van der Waals surface area contributed by atoms with Crippen LogP contribution < -0.4 is 10.1 Å². The second kappa shape index (κ2) is 9.50. The number of carboxylic acids is 1. The van der Waals surface area contributed by atoms with Gasteiger partial charge in [0.15, 0.2) is 0 Å². The summed E-state index contributed by atoms with van der Waals surface area (Å²) >= 11 is 0. The van der Waals surface area contributed by atoms with Crippen LogP contribution in [0.1, 0.15) is 30.9 Å². The normalized spacial score (nSPS) is 11.6. The molecule has 26 heavy (non-hydrogen) atoms. The molecule has 2 rings (SSSR count). The SMILES string of the molecule is O=C(O)CC(NC(=O)CCCOc1cccc(F)c1)c1ccc(F)cc1. The molecule has 0 aromatic heterocycles. The van der Waals surface area contributed by atoms with Crippen LogP contribution in [-0.2, 0) is 9.59 Å². The molecule has 0 heterocycles. The van der Waals surface area contributed by atoms with Crippen LogP contribution in [0.2, 0.25) is 0 Å². The van der Waals surface area contributed by atoms with Crippen LogP contribution >= 0.6 is 0 Å². The summed E-state index contributed by atoms with van der Waals surface area (Å²) in [6, 6.07) is 10.2.